The number of imide groups is 1. The Kier molecular flexibility index (Phi) is 4.82. The molecular formula is C30H21N5O3. The summed E-state index contributed by atoms with van der Waals surface area (Å²) in [5.41, 5.74) is 3.24. The van der Waals surface area contributed by atoms with E-state index in [-0.39, 0.29) is 29.6 Å². The third-order valence-electron chi connectivity index (χ3n) is 7.89. The number of anilines is 1. The number of nitrogens with zero attached hydrogens (tertiary/aromatic N) is 5. The fourth-order valence-electron chi connectivity index (χ4n) is 6.16. The number of hydrogen-bond donors (Lipinski definition) is 0. The van der Waals surface area contributed by atoms with Gasteiger partial charge < -0.3 is 9.80 Å². The average Bonchev–Trinajstić information content (AvgIpc) is 3.64. The van der Waals surface area contributed by atoms with Crippen LogP contribution in [-0.4, -0.2) is 57.3 Å². The molecule has 184 valence electrons. The lowest BCUT2D eigenvalue weighted by atomic mass is 10.0. The van der Waals surface area contributed by atoms with E-state index in [1.807, 2.05) is 54.6 Å². The first-order valence-corrected chi connectivity index (χ1v) is 12.5. The summed E-state index contributed by atoms with van der Waals surface area (Å²) in [6.45, 7) is 0.389. The fraction of sp³-hybridized carbons (Fsp3) is 0.167. The number of fused-ring (bicyclic) bond motifs is 6. The monoisotopic (exact) mass is 499 g/mol. The number of rotatable bonds is 3. The van der Waals surface area contributed by atoms with E-state index >= 15 is 0 Å². The number of pyridine rings is 1. The topological polar surface area (TPSA) is 97.6 Å². The van der Waals surface area contributed by atoms with Crippen LogP contribution in [0, 0.1) is 11.3 Å². The molecule has 3 aliphatic rings. The number of benzene rings is 3. The van der Waals surface area contributed by atoms with Gasteiger partial charge in [-0.1, -0.05) is 66.7 Å². The van der Waals surface area contributed by atoms with Gasteiger partial charge in [-0.15, -0.1) is 0 Å². The lowest BCUT2D eigenvalue weighted by Crippen LogP contribution is -2.54. The van der Waals surface area contributed by atoms with Crippen LogP contribution in [0.3, 0.4) is 0 Å². The van der Waals surface area contributed by atoms with E-state index in [4.69, 9.17) is 0 Å². The van der Waals surface area contributed by atoms with Crippen molar-refractivity contribution in [2.24, 2.45) is 0 Å². The summed E-state index contributed by atoms with van der Waals surface area (Å²) < 4.78 is 0. The highest BCUT2D eigenvalue weighted by molar-refractivity contribution is 6.25. The summed E-state index contributed by atoms with van der Waals surface area (Å²) in [5, 5.41) is 10.6. The lowest BCUT2D eigenvalue weighted by molar-refractivity contribution is -0.121. The maximum atomic E-state index is 13.7. The molecule has 8 nitrogen and oxygen atoms in total. The predicted molar refractivity (Wildman–Crippen MR) is 140 cm³/mol. The minimum atomic E-state index is -0.733. The molecule has 0 spiro atoms. The molecule has 3 saturated heterocycles. The number of carbonyl (C=O) groups is 3. The molecule has 4 heterocycles. The highest BCUT2D eigenvalue weighted by Crippen LogP contribution is 2.44. The first kappa shape index (κ1) is 22.2. The second-order valence-corrected chi connectivity index (χ2v) is 9.82. The Morgan fingerprint density at radius 3 is 2.32 bits per heavy atom. The van der Waals surface area contributed by atoms with Crippen LogP contribution in [0.25, 0.3) is 21.9 Å². The Morgan fingerprint density at radius 1 is 0.895 bits per heavy atom. The van der Waals surface area contributed by atoms with Crippen LogP contribution in [0.5, 0.6) is 0 Å². The molecule has 38 heavy (non-hydrogen) atoms. The number of nitriles is 1. The molecule has 0 radical (unpaired) electrons. The molecule has 2 unspecified atom stereocenters. The zero-order chi connectivity index (χ0) is 26.0. The van der Waals surface area contributed by atoms with Gasteiger partial charge in [-0.05, 0) is 29.7 Å². The van der Waals surface area contributed by atoms with Crippen molar-refractivity contribution < 1.29 is 14.4 Å². The van der Waals surface area contributed by atoms with Crippen molar-refractivity contribution in [2.75, 3.05) is 11.4 Å². The molecule has 4 aromatic rings. The van der Waals surface area contributed by atoms with Gasteiger partial charge in [0.1, 0.15) is 17.8 Å². The summed E-state index contributed by atoms with van der Waals surface area (Å²) in [6, 6.07) is 24.9. The van der Waals surface area contributed by atoms with Gasteiger partial charge in [0.25, 0.3) is 11.8 Å². The number of carbonyl (C=O) groups excluding carboxylic acids is 3. The van der Waals surface area contributed by atoms with E-state index < -0.39 is 12.1 Å². The molecule has 3 fully saturated rings. The second-order valence-electron chi connectivity index (χ2n) is 9.82. The third kappa shape index (κ3) is 3.08. The maximum absolute atomic E-state index is 13.7. The first-order chi connectivity index (χ1) is 18.6. The highest BCUT2D eigenvalue weighted by atomic mass is 16.2. The van der Waals surface area contributed by atoms with Crippen molar-refractivity contribution in [1.82, 2.24) is 14.8 Å². The number of piperazine rings is 1. The van der Waals surface area contributed by atoms with Gasteiger partial charge in [0.15, 0.2) is 0 Å². The average molecular weight is 500 g/mol. The Hall–Kier alpha value is -5.03. The highest BCUT2D eigenvalue weighted by Gasteiger charge is 2.63. The molecule has 3 atom stereocenters. The molecule has 4 amide bonds. The number of likely N-dealkylation sites (tertiary alicyclic amines) is 1. The van der Waals surface area contributed by atoms with Crippen LogP contribution in [-0.2, 0) is 4.79 Å². The third-order valence-corrected chi connectivity index (χ3v) is 7.89. The van der Waals surface area contributed by atoms with Gasteiger partial charge in [0.2, 0.25) is 0 Å². The largest absolute Gasteiger partial charge is 0.332 e. The van der Waals surface area contributed by atoms with Gasteiger partial charge in [0.05, 0.1) is 24.0 Å². The van der Waals surface area contributed by atoms with Crippen molar-refractivity contribution in [3.63, 3.8) is 0 Å². The smallest absolute Gasteiger partial charge is 0.331 e. The lowest BCUT2D eigenvalue weighted by Gasteiger charge is -2.35. The van der Waals surface area contributed by atoms with Crippen molar-refractivity contribution >= 4 is 34.3 Å². The maximum Gasteiger partial charge on any atom is 0.332 e. The zero-order valence-corrected chi connectivity index (χ0v) is 20.2. The van der Waals surface area contributed by atoms with E-state index in [0.717, 1.165) is 11.1 Å². The molecule has 0 saturated carbocycles. The van der Waals surface area contributed by atoms with E-state index in [0.29, 0.717) is 35.0 Å². The van der Waals surface area contributed by atoms with Crippen LogP contribution in [0.2, 0.25) is 0 Å². The number of amides is 4. The number of aromatic nitrogens is 1. The van der Waals surface area contributed by atoms with Crippen molar-refractivity contribution in [1.29, 1.82) is 5.26 Å². The Balaban J connectivity index is 1.18. The second kappa shape index (κ2) is 8.25. The van der Waals surface area contributed by atoms with Crippen molar-refractivity contribution in [3.8, 4) is 17.2 Å². The van der Waals surface area contributed by atoms with Crippen LogP contribution < -0.4 is 4.90 Å². The predicted octanol–water partition coefficient (Wildman–Crippen LogP) is 4.21. The van der Waals surface area contributed by atoms with Crippen LogP contribution in [0.4, 0.5) is 10.5 Å². The van der Waals surface area contributed by atoms with Gasteiger partial charge in [-0.25, -0.2) is 14.7 Å². The van der Waals surface area contributed by atoms with Gasteiger partial charge in [-0.3, -0.25) is 9.59 Å². The number of urea groups is 1. The normalized spacial score (nSPS) is 21.8. The van der Waals surface area contributed by atoms with Gasteiger partial charge in [0, 0.05) is 22.9 Å². The summed E-state index contributed by atoms with van der Waals surface area (Å²) in [4.78, 5) is 49.5. The summed E-state index contributed by atoms with van der Waals surface area (Å²) >= 11 is 0. The molecule has 1 aromatic heterocycles. The molecule has 3 aliphatic heterocycles. The van der Waals surface area contributed by atoms with Crippen molar-refractivity contribution in [3.05, 3.63) is 96.3 Å². The standard InChI is InChI=1S/C30H21N5O3/c31-15-24-22-8-4-5-9-23(22)26(16-32-24)35-29(37)27-25-14-21(34(27)30(35)38)17-33(25)28(36)20-12-10-19(11-13-20)18-6-2-1-3-7-18/h1-13,16,21,25,27H,14,17H2/t21?,25?,27-/m0/s1. The molecule has 7 rings (SSSR count). The summed E-state index contributed by atoms with van der Waals surface area (Å²) in [7, 11) is 0. The molecule has 0 aliphatic carbocycles. The van der Waals surface area contributed by atoms with E-state index in [2.05, 4.69) is 11.1 Å². The van der Waals surface area contributed by atoms with Crippen LogP contribution in [0.1, 0.15) is 22.5 Å². The van der Waals surface area contributed by atoms with E-state index in [9.17, 15) is 19.6 Å². The van der Waals surface area contributed by atoms with E-state index in [1.165, 1.54) is 11.1 Å². The van der Waals surface area contributed by atoms with Gasteiger partial charge >= 0.3 is 6.03 Å². The minimum Gasteiger partial charge on any atom is -0.331 e. The Bertz CT molecular complexity index is 1680. The van der Waals surface area contributed by atoms with E-state index in [1.54, 1.807) is 34.1 Å². The molecule has 3 aromatic carbocycles. The minimum absolute atomic E-state index is 0.138. The SMILES string of the molecule is N#Cc1ncc(N2C(=O)[C@@H]3C4CC(CN4C(=O)c4ccc(-c5ccccc5)cc4)N3C2=O)c2ccccc12. The summed E-state index contributed by atoms with van der Waals surface area (Å²) in [5.74, 6) is -0.503. The van der Waals surface area contributed by atoms with Gasteiger partial charge in [-0.2, -0.15) is 5.26 Å². The van der Waals surface area contributed by atoms with Crippen molar-refractivity contribution in [2.45, 2.75) is 24.5 Å². The van der Waals surface area contributed by atoms with Crippen LogP contribution >= 0.6 is 0 Å². The molecule has 2 bridgehead atoms. The molecular weight excluding hydrogens is 478 g/mol. The Labute approximate surface area is 218 Å². The first-order valence-electron chi connectivity index (χ1n) is 12.5. The van der Waals surface area contributed by atoms with Crippen LogP contribution in [0.15, 0.2) is 85.1 Å². The zero-order valence-electron chi connectivity index (χ0n) is 20.2. The molecule has 0 N–H and O–H groups in total. The summed E-state index contributed by atoms with van der Waals surface area (Å²) in [6.07, 6.45) is 1.99. The number of hydrogen-bond acceptors (Lipinski definition) is 5. The molecule has 8 heteroatoms. The fourth-order valence-corrected chi connectivity index (χ4v) is 6.16. The quantitative estimate of drug-likeness (QED) is 0.394. The Morgan fingerprint density at radius 2 is 1.58 bits per heavy atom.